The molecule has 0 aromatic carbocycles. The predicted octanol–water partition coefficient (Wildman–Crippen LogP) is 18.8. The summed E-state index contributed by atoms with van der Waals surface area (Å²) in [5, 5.41) is 0. The maximum absolute atomic E-state index is 12.8. The molecular formula is C60H106O6. The van der Waals surface area contributed by atoms with Crippen molar-refractivity contribution in [1.29, 1.82) is 0 Å². The van der Waals surface area contributed by atoms with Gasteiger partial charge in [-0.2, -0.15) is 0 Å². The Morgan fingerprint density at radius 2 is 0.545 bits per heavy atom. The van der Waals surface area contributed by atoms with E-state index < -0.39 is 6.10 Å². The van der Waals surface area contributed by atoms with E-state index in [1.54, 1.807) is 0 Å². The van der Waals surface area contributed by atoms with Crippen molar-refractivity contribution in [2.45, 2.75) is 290 Å². The van der Waals surface area contributed by atoms with Crippen molar-refractivity contribution in [3.8, 4) is 0 Å². The maximum Gasteiger partial charge on any atom is 0.306 e. The van der Waals surface area contributed by atoms with E-state index in [4.69, 9.17) is 14.2 Å². The van der Waals surface area contributed by atoms with E-state index in [-0.39, 0.29) is 31.1 Å². The molecular weight excluding hydrogens is 817 g/mol. The Balaban J connectivity index is 4.38. The van der Waals surface area contributed by atoms with Crippen molar-refractivity contribution in [2.24, 2.45) is 0 Å². The summed E-state index contributed by atoms with van der Waals surface area (Å²) in [5.41, 5.74) is 0. The third-order valence-corrected chi connectivity index (χ3v) is 12.2. The molecule has 0 heterocycles. The SMILES string of the molecule is CCCCC/C=C\C/C=C\C/C=C\CCCCCCCCC(=O)OC[C@@H](COC(=O)CCCCCCCCCCCCCC)OC(=O)CCCCCCCCC/C=C\C/C=C\CCCCC. The second-order valence-electron chi connectivity index (χ2n) is 18.8. The van der Waals surface area contributed by atoms with Gasteiger partial charge in [0.1, 0.15) is 13.2 Å². The molecule has 66 heavy (non-hydrogen) atoms. The molecule has 6 heteroatoms. The fraction of sp³-hybridized carbons (Fsp3) is 0.783. The smallest absolute Gasteiger partial charge is 0.306 e. The van der Waals surface area contributed by atoms with Crippen LogP contribution in [0.25, 0.3) is 0 Å². The van der Waals surface area contributed by atoms with Crippen molar-refractivity contribution < 1.29 is 28.6 Å². The van der Waals surface area contributed by atoms with Gasteiger partial charge in [-0.3, -0.25) is 14.4 Å². The molecule has 0 aliphatic rings. The van der Waals surface area contributed by atoms with Gasteiger partial charge >= 0.3 is 17.9 Å². The van der Waals surface area contributed by atoms with Crippen molar-refractivity contribution >= 4 is 17.9 Å². The number of carbonyl (C=O) groups excluding carboxylic acids is 3. The zero-order chi connectivity index (χ0) is 47.9. The minimum atomic E-state index is -0.782. The zero-order valence-corrected chi connectivity index (χ0v) is 43.7. The first kappa shape index (κ1) is 63.1. The van der Waals surface area contributed by atoms with Crippen LogP contribution in [0.3, 0.4) is 0 Å². The molecule has 0 rings (SSSR count). The molecule has 0 N–H and O–H groups in total. The Morgan fingerprint density at radius 3 is 0.879 bits per heavy atom. The third-order valence-electron chi connectivity index (χ3n) is 12.2. The van der Waals surface area contributed by atoms with Gasteiger partial charge in [0.2, 0.25) is 0 Å². The summed E-state index contributed by atoms with van der Waals surface area (Å²) >= 11 is 0. The average Bonchev–Trinajstić information content (AvgIpc) is 3.31. The molecule has 0 spiro atoms. The molecule has 0 fully saturated rings. The van der Waals surface area contributed by atoms with Gasteiger partial charge in [0.05, 0.1) is 0 Å². The van der Waals surface area contributed by atoms with Crippen molar-refractivity contribution in [1.82, 2.24) is 0 Å². The molecule has 0 aromatic rings. The van der Waals surface area contributed by atoms with Gasteiger partial charge in [-0.1, -0.05) is 236 Å². The number of rotatable bonds is 51. The van der Waals surface area contributed by atoms with E-state index in [0.717, 1.165) is 89.9 Å². The van der Waals surface area contributed by atoms with Gasteiger partial charge < -0.3 is 14.2 Å². The van der Waals surface area contributed by atoms with Crippen LogP contribution in [-0.2, 0) is 28.6 Å². The molecule has 0 bridgehead atoms. The summed E-state index contributed by atoms with van der Waals surface area (Å²) < 4.78 is 16.8. The van der Waals surface area contributed by atoms with Crippen LogP contribution in [0.5, 0.6) is 0 Å². The molecule has 0 aliphatic carbocycles. The number of hydrogen-bond donors (Lipinski definition) is 0. The van der Waals surface area contributed by atoms with Crippen LogP contribution < -0.4 is 0 Å². The van der Waals surface area contributed by atoms with E-state index in [0.29, 0.717) is 19.3 Å². The van der Waals surface area contributed by atoms with E-state index in [1.165, 1.54) is 154 Å². The number of carbonyl (C=O) groups is 3. The van der Waals surface area contributed by atoms with Gasteiger partial charge in [0, 0.05) is 19.3 Å². The van der Waals surface area contributed by atoms with Crippen LogP contribution in [0.15, 0.2) is 60.8 Å². The highest BCUT2D eigenvalue weighted by molar-refractivity contribution is 5.71. The Labute approximate surface area is 409 Å². The second-order valence-corrected chi connectivity index (χ2v) is 18.8. The van der Waals surface area contributed by atoms with Crippen LogP contribution in [0.1, 0.15) is 284 Å². The van der Waals surface area contributed by atoms with Crippen LogP contribution in [0.4, 0.5) is 0 Å². The maximum atomic E-state index is 12.8. The van der Waals surface area contributed by atoms with Gasteiger partial charge in [-0.15, -0.1) is 0 Å². The first-order valence-electron chi connectivity index (χ1n) is 28.3. The molecule has 0 saturated carbocycles. The van der Waals surface area contributed by atoms with Crippen LogP contribution in [-0.4, -0.2) is 37.2 Å². The normalized spacial score (nSPS) is 12.5. The van der Waals surface area contributed by atoms with Gasteiger partial charge in [-0.05, 0) is 89.9 Å². The summed E-state index contributed by atoms with van der Waals surface area (Å²) in [4.78, 5) is 38.1. The van der Waals surface area contributed by atoms with Crippen LogP contribution in [0.2, 0.25) is 0 Å². The summed E-state index contributed by atoms with van der Waals surface area (Å²) in [7, 11) is 0. The molecule has 0 unspecified atom stereocenters. The molecule has 0 aliphatic heterocycles. The molecule has 0 saturated heterocycles. The largest absolute Gasteiger partial charge is 0.462 e. The van der Waals surface area contributed by atoms with Gasteiger partial charge in [0.25, 0.3) is 0 Å². The van der Waals surface area contributed by atoms with Crippen LogP contribution >= 0.6 is 0 Å². The number of unbranched alkanes of at least 4 members (excludes halogenated alkanes) is 30. The highest BCUT2D eigenvalue weighted by Crippen LogP contribution is 2.15. The predicted molar refractivity (Wildman–Crippen MR) is 284 cm³/mol. The van der Waals surface area contributed by atoms with Crippen molar-refractivity contribution in [3.63, 3.8) is 0 Å². The van der Waals surface area contributed by atoms with Crippen LogP contribution in [0, 0.1) is 0 Å². The molecule has 6 nitrogen and oxygen atoms in total. The second kappa shape index (κ2) is 54.7. The lowest BCUT2D eigenvalue weighted by atomic mass is 10.0. The van der Waals surface area contributed by atoms with Crippen molar-refractivity contribution in [2.75, 3.05) is 13.2 Å². The highest BCUT2D eigenvalue weighted by Gasteiger charge is 2.19. The lowest BCUT2D eigenvalue weighted by Gasteiger charge is -2.18. The van der Waals surface area contributed by atoms with Gasteiger partial charge in [0.15, 0.2) is 6.10 Å². The first-order chi connectivity index (χ1) is 32.5. The lowest BCUT2D eigenvalue weighted by molar-refractivity contribution is -0.167. The van der Waals surface area contributed by atoms with Crippen molar-refractivity contribution in [3.05, 3.63) is 60.8 Å². The fourth-order valence-corrected chi connectivity index (χ4v) is 7.95. The Bertz CT molecular complexity index is 1200. The highest BCUT2D eigenvalue weighted by atomic mass is 16.6. The number of ether oxygens (including phenoxy) is 3. The topological polar surface area (TPSA) is 78.9 Å². The fourth-order valence-electron chi connectivity index (χ4n) is 7.95. The quantitative estimate of drug-likeness (QED) is 0.0262. The molecule has 0 radical (unpaired) electrons. The minimum Gasteiger partial charge on any atom is -0.462 e. The number of esters is 3. The molecule has 382 valence electrons. The number of hydrogen-bond acceptors (Lipinski definition) is 6. The summed E-state index contributed by atoms with van der Waals surface area (Å²) in [6, 6.07) is 0. The Kier molecular flexibility index (Phi) is 52.3. The molecule has 1 atom stereocenters. The summed E-state index contributed by atoms with van der Waals surface area (Å²) in [5.74, 6) is -0.891. The first-order valence-corrected chi connectivity index (χ1v) is 28.3. The molecule has 0 aromatic heterocycles. The average molecular weight is 924 g/mol. The zero-order valence-electron chi connectivity index (χ0n) is 43.7. The van der Waals surface area contributed by atoms with E-state index >= 15 is 0 Å². The third kappa shape index (κ3) is 52.1. The monoisotopic (exact) mass is 923 g/mol. The molecule has 0 amide bonds. The Hall–Kier alpha value is -2.89. The van der Waals surface area contributed by atoms with E-state index in [9.17, 15) is 14.4 Å². The Morgan fingerprint density at radius 1 is 0.303 bits per heavy atom. The number of allylic oxidation sites excluding steroid dienone is 10. The van der Waals surface area contributed by atoms with E-state index in [1.807, 2.05) is 0 Å². The summed E-state index contributed by atoms with van der Waals surface area (Å²) in [6.45, 7) is 6.59. The summed E-state index contributed by atoms with van der Waals surface area (Å²) in [6.07, 6.45) is 67.7. The van der Waals surface area contributed by atoms with Gasteiger partial charge in [-0.25, -0.2) is 0 Å². The minimum absolute atomic E-state index is 0.0796. The van der Waals surface area contributed by atoms with E-state index in [2.05, 4.69) is 81.5 Å². The lowest BCUT2D eigenvalue weighted by Crippen LogP contribution is -2.30. The standard InChI is InChI=1S/C60H106O6/c1-4-7-10-13-16-19-22-25-27-29-30-32-33-35-38-41-44-47-50-53-59(62)65-56-57(55-64-58(61)52-49-46-43-40-37-24-21-18-15-12-9-6-3)66-60(63)54-51-48-45-42-39-36-34-31-28-26-23-20-17-14-11-8-5-2/h16-17,19-20,25-28,30,32,57H,4-15,18,21-24,29,31,33-56H2,1-3H3/b19-16-,20-17-,27-25-,28-26-,32-30-/t57-/m1/s1.